The first kappa shape index (κ1) is 15.2. The number of ether oxygens (including phenoxy) is 1. The first-order valence-electron chi connectivity index (χ1n) is 6.45. The van der Waals surface area contributed by atoms with Crippen molar-refractivity contribution in [2.45, 2.75) is 26.5 Å². The lowest BCUT2D eigenvalue weighted by Gasteiger charge is -2.09. The molecule has 108 valence electrons. The standard InChI is InChI=1S/C13H18IN5O/c1-4-5-19-7-9(6-16-19)12-17-10(8-20-3)11(14)13(15-2)18-12/h6-7H,4-5,8H2,1-3H3,(H,15,17,18). The Kier molecular flexibility index (Phi) is 5.30. The minimum atomic E-state index is 0.464. The highest BCUT2D eigenvalue weighted by Crippen LogP contribution is 2.24. The van der Waals surface area contributed by atoms with E-state index in [2.05, 4.69) is 49.9 Å². The van der Waals surface area contributed by atoms with Crippen molar-refractivity contribution in [2.75, 3.05) is 19.5 Å². The molecule has 2 aromatic heterocycles. The number of methoxy groups -OCH3 is 1. The summed E-state index contributed by atoms with van der Waals surface area (Å²) in [7, 11) is 3.52. The van der Waals surface area contributed by atoms with Crippen LogP contribution in [0.25, 0.3) is 11.4 Å². The van der Waals surface area contributed by atoms with Gasteiger partial charge in [0.25, 0.3) is 0 Å². The van der Waals surface area contributed by atoms with E-state index in [-0.39, 0.29) is 0 Å². The molecule has 0 saturated heterocycles. The fourth-order valence-electron chi connectivity index (χ4n) is 1.85. The Morgan fingerprint density at radius 2 is 2.20 bits per heavy atom. The number of nitrogens with one attached hydrogen (secondary N) is 1. The van der Waals surface area contributed by atoms with Gasteiger partial charge in [0.05, 0.1) is 27.6 Å². The SMILES string of the molecule is CCCn1cc(-c2nc(COC)c(I)c(NC)n2)cn1. The Labute approximate surface area is 132 Å². The van der Waals surface area contributed by atoms with E-state index in [9.17, 15) is 0 Å². The molecular formula is C13H18IN5O. The van der Waals surface area contributed by atoms with E-state index in [0.29, 0.717) is 12.4 Å². The summed E-state index contributed by atoms with van der Waals surface area (Å²) < 4.78 is 8.09. The van der Waals surface area contributed by atoms with E-state index in [1.807, 2.05) is 17.9 Å². The van der Waals surface area contributed by atoms with Crippen LogP contribution in [-0.2, 0) is 17.9 Å². The highest BCUT2D eigenvalue weighted by molar-refractivity contribution is 14.1. The number of rotatable bonds is 6. The van der Waals surface area contributed by atoms with Crippen LogP contribution >= 0.6 is 22.6 Å². The molecule has 20 heavy (non-hydrogen) atoms. The van der Waals surface area contributed by atoms with Crippen molar-refractivity contribution in [3.63, 3.8) is 0 Å². The molecule has 6 nitrogen and oxygen atoms in total. The topological polar surface area (TPSA) is 64.9 Å². The molecule has 0 bridgehead atoms. The Bertz CT molecular complexity index is 584. The molecule has 0 aliphatic rings. The van der Waals surface area contributed by atoms with Gasteiger partial charge < -0.3 is 10.1 Å². The number of hydrogen-bond acceptors (Lipinski definition) is 5. The fourth-order valence-corrected chi connectivity index (χ4v) is 2.52. The lowest BCUT2D eigenvalue weighted by molar-refractivity contribution is 0.181. The summed E-state index contributed by atoms with van der Waals surface area (Å²) in [4.78, 5) is 9.12. The van der Waals surface area contributed by atoms with Crippen molar-refractivity contribution >= 4 is 28.4 Å². The lowest BCUT2D eigenvalue weighted by Crippen LogP contribution is -2.06. The van der Waals surface area contributed by atoms with Gasteiger partial charge in [-0.2, -0.15) is 5.10 Å². The van der Waals surface area contributed by atoms with Crippen molar-refractivity contribution in [3.05, 3.63) is 21.7 Å². The van der Waals surface area contributed by atoms with Crippen LogP contribution in [0.15, 0.2) is 12.4 Å². The van der Waals surface area contributed by atoms with Crippen molar-refractivity contribution in [2.24, 2.45) is 0 Å². The van der Waals surface area contributed by atoms with Crippen LogP contribution < -0.4 is 5.32 Å². The largest absolute Gasteiger partial charge is 0.378 e. The Hall–Kier alpha value is -1.22. The summed E-state index contributed by atoms with van der Waals surface area (Å²) in [5.41, 5.74) is 1.80. The molecule has 2 rings (SSSR count). The molecule has 7 heteroatoms. The van der Waals surface area contributed by atoms with Crippen LogP contribution in [0.4, 0.5) is 5.82 Å². The summed E-state index contributed by atoms with van der Waals surface area (Å²) in [5.74, 6) is 1.48. The molecule has 0 atom stereocenters. The van der Waals surface area contributed by atoms with Crippen LogP contribution in [0.1, 0.15) is 19.0 Å². The van der Waals surface area contributed by atoms with Gasteiger partial charge in [-0.05, 0) is 29.0 Å². The smallest absolute Gasteiger partial charge is 0.165 e. The second-order valence-electron chi connectivity index (χ2n) is 4.33. The van der Waals surface area contributed by atoms with Gasteiger partial charge in [-0.25, -0.2) is 9.97 Å². The van der Waals surface area contributed by atoms with Gasteiger partial charge in [0.2, 0.25) is 0 Å². The Morgan fingerprint density at radius 1 is 1.40 bits per heavy atom. The highest BCUT2D eigenvalue weighted by Gasteiger charge is 2.13. The van der Waals surface area contributed by atoms with Crippen molar-refractivity contribution < 1.29 is 4.74 Å². The second-order valence-corrected chi connectivity index (χ2v) is 5.41. The van der Waals surface area contributed by atoms with Crippen LogP contribution in [-0.4, -0.2) is 33.9 Å². The zero-order valence-corrected chi connectivity index (χ0v) is 14.0. The van der Waals surface area contributed by atoms with E-state index in [4.69, 9.17) is 4.74 Å². The van der Waals surface area contributed by atoms with Crippen molar-refractivity contribution in [1.82, 2.24) is 19.7 Å². The molecule has 0 unspecified atom stereocenters. The maximum absolute atomic E-state index is 5.20. The van der Waals surface area contributed by atoms with Gasteiger partial charge in [0.15, 0.2) is 5.82 Å². The van der Waals surface area contributed by atoms with E-state index in [1.165, 1.54) is 0 Å². The zero-order valence-electron chi connectivity index (χ0n) is 11.9. The summed E-state index contributed by atoms with van der Waals surface area (Å²) >= 11 is 2.23. The number of nitrogens with zero attached hydrogens (tertiary/aromatic N) is 4. The zero-order chi connectivity index (χ0) is 14.5. The third-order valence-electron chi connectivity index (χ3n) is 2.78. The molecule has 2 heterocycles. The first-order chi connectivity index (χ1) is 9.69. The van der Waals surface area contributed by atoms with Gasteiger partial charge >= 0.3 is 0 Å². The number of aryl methyl sites for hydroxylation is 1. The summed E-state index contributed by atoms with van der Waals surface area (Å²) in [6, 6.07) is 0. The molecule has 0 radical (unpaired) electrons. The van der Waals surface area contributed by atoms with Gasteiger partial charge in [-0.15, -0.1) is 0 Å². The summed E-state index contributed by atoms with van der Waals surface area (Å²) in [6.07, 6.45) is 4.82. The third kappa shape index (κ3) is 3.26. The van der Waals surface area contributed by atoms with E-state index in [0.717, 1.165) is 33.6 Å². The predicted molar refractivity (Wildman–Crippen MR) is 86.5 cm³/mol. The van der Waals surface area contributed by atoms with Crippen molar-refractivity contribution in [3.8, 4) is 11.4 Å². The second kappa shape index (κ2) is 6.98. The minimum absolute atomic E-state index is 0.464. The maximum atomic E-state index is 5.20. The summed E-state index contributed by atoms with van der Waals surface area (Å²) in [6.45, 7) is 3.48. The van der Waals surface area contributed by atoms with Gasteiger partial charge in [0.1, 0.15) is 5.82 Å². The van der Waals surface area contributed by atoms with Crippen LogP contribution in [0, 0.1) is 3.57 Å². The van der Waals surface area contributed by atoms with Crippen LogP contribution in [0.2, 0.25) is 0 Å². The van der Waals surface area contributed by atoms with Gasteiger partial charge in [-0.1, -0.05) is 6.92 Å². The molecule has 0 saturated carbocycles. The van der Waals surface area contributed by atoms with Crippen LogP contribution in [0.3, 0.4) is 0 Å². The van der Waals surface area contributed by atoms with E-state index < -0.39 is 0 Å². The van der Waals surface area contributed by atoms with Crippen LogP contribution in [0.5, 0.6) is 0 Å². The Balaban J connectivity index is 2.41. The molecule has 0 aromatic carbocycles. The average molecular weight is 387 g/mol. The monoisotopic (exact) mass is 387 g/mol. The normalized spacial score (nSPS) is 10.8. The van der Waals surface area contributed by atoms with Gasteiger partial charge in [0, 0.05) is 26.9 Å². The highest BCUT2D eigenvalue weighted by atomic mass is 127. The minimum Gasteiger partial charge on any atom is -0.378 e. The molecular weight excluding hydrogens is 369 g/mol. The fraction of sp³-hybridized carbons (Fsp3) is 0.462. The maximum Gasteiger partial charge on any atom is 0.165 e. The van der Waals surface area contributed by atoms with E-state index >= 15 is 0 Å². The number of anilines is 1. The summed E-state index contributed by atoms with van der Waals surface area (Å²) in [5, 5.41) is 7.41. The number of aromatic nitrogens is 4. The number of hydrogen-bond donors (Lipinski definition) is 1. The molecule has 0 aliphatic heterocycles. The molecule has 0 amide bonds. The lowest BCUT2D eigenvalue weighted by atomic mass is 10.3. The molecule has 0 aliphatic carbocycles. The quantitative estimate of drug-likeness (QED) is 0.772. The van der Waals surface area contributed by atoms with E-state index in [1.54, 1.807) is 13.3 Å². The first-order valence-corrected chi connectivity index (χ1v) is 7.53. The predicted octanol–water partition coefficient (Wildman–Crippen LogP) is 2.54. The average Bonchev–Trinajstić information content (AvgIpc) is 2.90. The molecule has 0 spiro atoms. The number of halogens is 1. The molecule has 1 N–H and O–H groups in total. The van der Waals surface area contributed by atoms with Gasteiger partial charge in [-0.3, -0.25) is 4.68 Å². The third-order valence-corrected chi connectivity index (χ3v) is 3.92. The molecule has 2 aromatic rings. The Morgan fingerprint density at radius 3 is 2.85 bits per heavy atom. The molecule has 0 fully saturated rings. The van der Waals surface area contributed by atoms with Crippen molar-refractivity contribution in [1.29, 1.82) is 0 Å².